The second kappa shape index (κ2) is 11.3. The van der Waals surface area contributed by atoms with Gasteiger partial charge in [0.25, 0.3) is 11.8 Å². The fraction of sp³-hybridized carbons (Fsp3) is 0.379. The van der Waals surface area contributed by atoms with Crippen LogP contribution in [0.3, 0.4) is 0 Å². The molecule has 36 heavy (non-hydrogen) atoms. The van der Waals surface area contributed by atoms with Crippen LogP contribution in [0.4, 0.5) is 5.69 Å². The number of benzene rings is 2. The van der Waals surface area contributed by atoms with Crippen molar-refractivity contribution in [2.45, 2.75) is 58.4 Å². The molecule has 1 fully saturated rings. The first-order valence-electron chi connectivity index (χ1n) is 12.6. The number of carbonyl (C=O) groups excluding carboxylic acids is 4. The summed E-state index contributed by atoms with van der Waals surface area (Å²) < 4.78 is 5.00. The van der Waals surface area contributed by atoms with Crippen LogP contribution in [0.15, 0.2) is 60.2 Å². The number of rotatable bonds is 8. The van der Waals surface area contributed by atoms with E-state index in [2.05, 4.69) is 6.08 Å². The molecule has 7 heteroatoms. The van der Waals surface area contributed by atoms with Gasteiger partial charge in [-0.05, 0) is 82.3 Å². The van der Waals surface area contributed by atoms with Gasteiger partial charge in [-0.3, -0.25) is 14.4 Å². The summed E-state index contributed by atoms with van der Waals surface area (Å²) >= 11 is 0. The first-order chi connectivity index (χ1) is 17.4. The van der Waals surface area contributed by atoms with Crippen LogP contribution >= 0.6 is 0 Å². The van der Waals surface area contributed by atoms with Crippen molar-refractivity contribution in [3.8, 4) is 0 Å². The highest BCUT2D eigenvalue weighted by Gasteiger charge is 2.44. The maximum atomic E-state index is 13.6. The maximum Gasteiger partial charge on any atom is 0.338 e. The molecule has 0 N–H and O–H groups in total. The number of imide groups is 1. The molecule has 0 radical (unpaired) electrons. The predicted molar refractivity (Wildman–Crippen MR) is 137 cm³/mol. The molecular weight excluding hydrogens is 456 g/mol. The summed E-state index contributed by atoms with van der Waals surface area (Å²) in [6.07, 6.45) is 7.19. The molecule has 188 valence electrons. The van der Waals surface area contributed by atoms with Crippen LogP contribution in [0.5, 0.6) is 0 Å². The molecule has 1 unspecified atom stereocenters. The number of nitrogens with zero attached hydrogens (tertiary/aromatic N) is 2. The lowest BCUT2D eigenvalue weighted by Crippen LogP contribution is -2.46. The molecule has 3 amide bonds. The van der Waals surface area contributed by atoms with E-state index >= 15 is 0 Å². The Morgan fingerprint density at radius 3 is 2.50 bits per heavy atom. The third-order valence-electron chi connectivity index (χ3n) is 6.72. The van der Waals surface area contributed by atoms with Crippen LogP contribution in [-0.4, -0.2) is 47.8 Å². The number of anilines is 1. The minimum atomic E-state index is -0.876. The highest BCUT2D eigenvalue weighted by atomic mass is 16.5. The predicted octanol–water partition coefficient (Wildman–Crippen LogP) is 4.84. The van der Waals surface area contributed by atoms with Crippen molar-refractivity contribution in [2.24, 2.45) is 0 Å². The molecule has 0 spiro atoms. The number of allylic oxidation sites excluding steroid dienone is 1. The van der Waals surface area contributed by atoms with Crippen LogP contribution in [0.2, 0.25) is 0 Å². The van der Waals surface area contributed by atoms with Crippen molar-refractivity contribution >= 4 is 29.4 Å². The molecular formula is C29H32N2O5. The van der Waals surface area contributed by atoms with Crippen molar-refractivity contribution in [2.75, 3.05) is 18.1 Å². The number of hydrogen-bond donors (Lipinski definition) is 0. The Hall–Kier alpha value is -3.74. The zero-order valence-corrected chi connectivity index (χ0v) is 20.9. The zero-order valence-electron chi connectivity index (χ0n) is 20.9. The molecule has 1 atom stereocenters. The van der Waals surface area contributed by atoms with Crippen molar-refractivity contribution < 1.29 is 23.9 Å². The summed E-state index contributed by atoms with van der Waals surface area (Å²) in [5, 5.41) is 0. The van der Waals surface area contributed by atoms with Crippen molar-refractivity contribution in [1.29, 1.82) is 0 Å². The maximum absolute atomic E-state index is 13.6. The molecule has 2 aromatic carbocycles. The van der Waals surface area contributed by atoms with Crippen LogP contribution < -0.4 is 4.90 Å². The van der Waals surface area contributed by atoms with E-state index in [0.717, 1.165) is 29.7 Å². The molecule has 1 aliphatic carbocycles. The number of esters is 1. The van der Waals surface area contributed by atoms with Crippen LogP contribution in [0, 0.1) is 6.92 Å². The minimum Gasteiger partial charge on any atom is -0.462 e. The Labute approximate surface area is 211 Å². The Morgan fingerprint density at radius 2 is 1.83 bits per heavy atom. The molecule has 4 rings (SSSR count). The van der Waals surface area contributed by atoms with Gasteiger partial charge in [-0.25, -0.2) is 9.69 Å². The Kier molecular flexibility index (Phi) is 7.98. The van der Waals surface area contributed by atoms with Crippen LogP contribution in [-0.2, 0) is 14.3 Å². The average Bonchev–Trinajstić information content (AvgIpc) is 3.18. The normalized spacial score (nSPS) is 17.7. The topological polar surface area (TPSA) is 84.0 Å². The van der Waals surface area contributed by atoms with Crippen molar-refractivity contribution in [1.82, 2.24) is 4.90 Å². The number of ether oxygens (including phenoxy) is 1. The quantitative estimate of drug-likeness (QED) is 0.302. The van der Waals surface area contributed by atoms with Crippen LogP contribution in [0.1, 0.15) is 71.7 Å². The third kappa shape index (κ3) is 5.56. The second-order valence-corrected chi connectivity index (χ2v) is 9.28. The monoisotopic (exact) mass is 488 g/mol. The summed E-state index contributed by atoms with van der Waals surface area (Å²) in [6.45, 7) is 4.27. The standard InChI is InChI=1S/C29H32N2O5/c1-3-36-29(35)22-12-14-24(15-13-22)31-26(32)19-25(28(31)34)30(17-16-21-9-5-4-6-10-21)27(33)23-11-7-8-20(2)18-23/h7-9,11-15,18,25H,3-6,10,16-17,19H2,1-2H3. The molecule has 0 saturated carbocycles. The van der Waals surface area contributed by atoms with E-state index in [1.807, 2.05) is 25.1 Å². The van der Waals surface area contributed by atoms with Gasteiger partial charge in [0.05, 0.1) is 24.3 Å². The molecule has 2 aromatic rings. The summed E-state index contributed by atoms with van der Waals surface area (Å²) in [4.78, 5) is 54.8. The summed E-state index contributed by atoms with van der Waals surface area (Å²) in [6, 6.07) is 12.6. The fourth-order valence-electron chi connectivity index (χ4n) is 4.83. The molecule has 1 saturated heterocycles. The van der Waals surface area contributed by atoms with E-state index in [0.29, 0.717) is 29.8 Å². The van der Waals surface area contributed by atoms with Gasteiger partial charge in [0.15, 0.2) is 0 Å². The van der Waals surface area contributed by atoms with E-state index < -0.39 is 17.9 Å². The van der Waals surface area contributed by atoms with Gasteiger partial charge in [0.1, 0.15) is 6.04 Å². The van der Waals surface area contributed by atoms with E-state index in [1.54, 1.807) is 30.0 Å². The largest absolute Gasteiger partial charge is 0.462 e. The van der Waals surface area contributed by atoms with Gasteiger partial charge in [-0.15, -0.1) is 0 Å². The summed E-state index contributed by atoms with van der Waals surface area (Å²) in [7, 11) is 0. The minimum absolute atomic E-state index is 0.0743. The SMILES string of the molecule is CCOC(=O)c1ccc(N2C(=O)CC(N(CCC3=CCCCC3)C(=O)c3cccc(C)c3)C2=O)cc1. The summed E-state index contributed by atoms with van der Waals surface area (Å²) in [5.41, 5.74) is 3.47. The van der Waals surface area contributed by atoms with E-state index in [1.165, 1.54) is 24.1 Å². The zero-order chi connectivity index (χ0) is 25.7. The van der Waals surface area contributed by atoms with Gasteiger partial charge in [0.2, 0.25) is 5.91 Å². The van der Waals surface area contributed by atoms with Gasteiger partial charge >= 0.3 is 5.97 Å². The highest BCUT2D eigenvalue weighted by Crippen LogP contribution is 2.29. The lowest BCUT2D eigenvalue weighted by atomic mass is 9.96. The van der Waals surface area contributed by atoms with E-state index in [9.17, 15) is 19.2 Å². The molecule has 2 aliphatic rings. The fourth-order valence-corrected chi connectivity index (χ4v) is 4.83. The lowest BCUT2D eigenvalue weighted by molar-refractivity contribution is -0.122. The lowest BCUT2D eigenvalue weighted by Gasteiger charge is -2.29. The number of hydrogen-bond acceptors (Lipinski definition) is 5. The third-order valence-corrected chi connectivity index (χ3v) is 6.72. The van der Waals surface area contributed by atoms with Gasteiger partial charge in [-0.1, -0.05) is 29.3 Å². The molecule has 1 aliphatic heterocycles. The summed E-state index contributed by atoms with van der Waals surface area (Å²) in [5.74, 6) is -1.51. The molecule has 0 bridgehead atoms. The number of aryl methyl sites for hydroxylation is 1. The molecule has 7 nitrogen and oxygen atoms in total. The second-order valence-electron chi connectivity index (χ2n) is 9.28. The average molecular weight is 489 g/mol. The Morgan fingerprint density at radius 1 is 1.06 bits per heavy atom. The highest BCUT2D eigenvalue weighted by molar-refractivity contribution is 6.23. The first kappa shape index (κ1) is 25.4. The van der Waals surface area contributed by atoms with Crippen LogP contribution in [0.25, 0.3) is 0 Å². The van der Waals surface area contributed by atoms with E-state index in [4.69, 9.17) is 4.74 Å². The number of amides is 3. The van der Waals surface area contributed by atoms with Gasteiger partial charge in [-0.2, -0.15) is 0 Å². The Balaban J connectivity index is 1.58. The Bertz CT molecular complexity index is 1180. The van der Waals surface area contributed by atoms with Crippen molar-refractivity contribution in [3.05, 3.63) is 76.9 Å². The van der Waals surface area contributed by atoms with Gasteiger partial charge < -0.3 is 9.64 Å². The van der Waals surface area contributed by atoms with E-state index in [-0.39, 0.29) is 24.8 Å². The number of carbonyl (C=O) groups is 4. The molecule has 1 heterocycles. The first-order valence-corrected chi connectivity index (χ1v) is 12.6. The van der Waals surface area contributed by atoms with Gasteiger partial charge in [0, 0.05) is 12.1 Å². The molecule has 0 aromatic heterocycles. The van der Waals surface area contributed by atoms with Crippen molar-refractivity contribution in [3.63, 3.8) is 0 Å². The smallest absolute Gasteiger partial charge is 0.338 e.